The van der Waals surface area contributed by atoms with Crippen LogP contribution >= 0.6 is 0 Å². The van der Waals surface area contributed by atoms with Gasteiger partial charge in [-0.25, -0.2) is 4.79 Å². The molecule has 1 amide bonds. The highest BCUT2D eigenvalue weighted by Crippen LogP contribution is 2.32. The number of imidazole rings is 1. The van der Waals surface area contributed by atoms with E-state index in [1.54, 1.807) is 4.57 Å². The molecule has 0 bridgehead atoms. The summed E-state index contributed by atoms with van der Waals surface area (Å²) in [5.74, 6) is -0.242. The zero-order valence-corrected chi connectivity index (χ0v) is 18.4. The van der Waals surface area contributed by atoms with Crippen LogP contribution in [0.1, 0.15) is 30.9 Å². The van der Waals surface area contributed by atoms with Crippen LogP contribution in [0.15, 0.2) is 30.5 Å². The topological polar surface area (TPSA) is 112 Å². The largest absolute Gasteiger partial charge is 0.445 e. The van der Waals surface area contributed by atoms with Crippen LogP contribution in [0.5, 0.6) is 6.01 Å². The number of hydrogen-bond donors (Lipinski definition) is 1. The summed E-state index contributed by atoms with van der Waals surface area (Å²) in [5.41, 5.74) is -0.846. The Morgan fingerprint density at radius 1 is 1.32 bits per heavy atom. The first-order valence-electron chi connectivity index (χ1n) is 10.7. The molecule has 0 saturated carbocycles. The number of likely N-dealkylation sites (tertiary alicyclic amines) is 1. The van der Waals surface area contributed by atoms with Crippen molar-refractivity contribution >= 4 is 11.9 Å². The summed E-state index contributed by atoms with van der Waals surface area (Å²) >= 11 is 0. The summed E-state index contributed by atoms with van der Waals surface area (Å²) in [6.45, 7) is 4.30. The molecule has 10 nitrogen and oxygen atoms in total. The second kappa shape index (κ2) is 9.12. The van der Waals surface area contributed by atoms with E-state index in [4.69, 9.17) is 9.47 Å². The Kier molecular flexibility index (Phi) is 6.39. The fourth-order valence-corrected chi connectivity index (χ4v) is 4.22. The highest BCUT2D eigenvalue weighted by atomic mass is 19.4. The number of halogens is 3. The minimum Gasteiger partial charge on any atom is -0.445 e. The number of nitrogens with one attached hydrogen (secondary N) is 1. The number of ether oxygens (including phenoxy) is 2. The standard InChI is InChI=1S/C21H24F3N5O5/c1-20(13-28-10-17(29(31)32)26-18(28)34-20)12-27-8-6-16(7-9-27)25-19(30)33-11-14-2-4-15(5-3-14)21(22,23)24/h2-5,10,16H,6-9,11-13H2,1H3,(H,25,30). The van der Waals surface area contributed by atoms with E-state index in [1.165, 1.54) is 18.3 Å². The first kappa shape index (κ1) is 23.8. The molecule has 1 atom stereocenters. The van der Waals surface area contributed by atoms with Crippen molar-refractivity contribution in [1.82, 2.24) is 19.8 Å². The quantitative estimate of drug-likeness (QED) is 0.495. The van der Waals surface area contributed by atoms with Crippen molar-refractivity contribution in [2.24, 2.45) is 0 Å². The van der Waals surface area contributed by atoms with Crippen LogP contribution in [-0.2, 0) is 24.1 Å². The molecule has 2 aliphatic heterocycles. The minimum atomic E-state index is -4.41. The second-order valence-corrected chi connectivity index (χ2v) is 8.78. The second-order valence-electron chi connectivity index (χ2n) is 8.78. The van der Waals surface area contributed by atoms with Gasteiger partial charge >= 0.3 is 24.1 Å². The number of aromatic nitrogens is 2. The molecular weight excluding hydrogens is 459 g/mol. The number of piperidine rings is 1. The average Bonchev–Trinajstić information content (AvgIpc) is 3.28. The predicted molar refractivity (Wildman–Crippen MR) is 112 cm³/mol. The lowest BCUT2D eigenvalue weighted by atomic mass is 10.0. The number of amides is 1. The minimum absolute atomic E-state index is 0.0771. The zero-order chi connectivity index (χ0) is 24.5. The van der Waals surface area contributed by atoms with Gasteiger partial charge in [0, 0.05) is 30.7 Å². The lowest BCUT2D eigenvalue weighted by molar-refractivity contribution is -0.389. The number of carbonyl (C=O) groups excluding carboxylic acids is 1. The lowest BCUT2D eigenvalue weighted by Crippen LogP contribution is -2.50. The molecule has 3 heterocycles. The predicted octanol–water partition coefficient (Wildman–Crippen LogP) is 3.35. The third-order valence-corrected chi connectivity index (χ3v) is 5.88. The van der Waals surface area contributed by atoms with Crippen molar-refractivity contribution in [3.8, 4) is 6.01 Å². The third kappa shape index (κ3) is 5.58. The van der Waals surface area contributed by atoms with Gasteiger partial charge in [-0.3, -0.25) is 9.47 Å². The van der Waals surface area contributed by atoms with Crippen molar-refractivity contribution in [3.63, 3.8) is 0 Å². The molecule has 13 heteroatoms. The molecule has 34 heavy (non-hydrogen) atoms. The van der Waals surface area contributed by atoms with E-state index in [0.29, 0.717) is 44.6 Å². The van der Waals surface area contributed by atoms with Gasteiger partial charge in [-0.05, 0) is 42.4 Å². The number of benzene rings is 1. The maximum Gasteiger partial charge on any atom is 0.416 e. The Morgan fingerprint density at radius 2 is 2.00 bits per heavy atom. The van der Waals surface area contributed by atoms with Crippen LogP contribution < -0.4 is 10.1 Å². The summed E-state index contributed by atoms with van der Waals surface area (Å²) in [7, 11) is 0. The van der Waals surface area contributed by atoms with Crippen LogP contribution in [0.4, 0.5) is 23.8 Å². The summed E-state index contributed by atoms with van der Waals surface area (Å²) in [6.07, 6.45) is -2.26. The molecule has 2 aliphatic rings. The number of hydrogen-bond acceptors (Lipinski definition) is 7. The third-order valence-electron chi connectivity index (χ3n) is 5.88. The van der Waals surface area contributed by atoms with Gasteiger partial charge in [0.05, 0.1) is 12.1 Å². The van der Waals surface area contributed by atoms with E-state index in [9.17, 15) is 28.1 Å². The molecule has 0 radical (unpaired) electrons. The van der Waals surface area contributed by atoms with E-state index >= 15 is 0 Å². The van der Waals surface area contributed by atoms with Gasteiger partial charge in [-0.2, -0.15) is 13.2 Å². The number of fused-ring (bicyclic) bond motifs is 1. The summed E-state index contributed by atoms with van der Waals surface area (Å²) in [4.78, 5) is 28.5. The SMILES string of the molecule is CC1(CN2CCC(NC(=O)OCc3ccc(C(F)(F)F)cc3)CC2)Cn2cc([N+](=O)[O-])nc2O1. The molecule has 2 aromatic rings. The Bertz CT molecular complexity index is 1020. The number of nitro groups is 1. The van der Waals surface area contributed by atoms with Gasteiger partial charge in [-0.15, -0.1) is 0 Å². The van der Waals surface area contributed by atoms with E-state index < -0.39 is 28.4 Å². The Balaban J connectivity index is 1.18. The van der Waals surface area contributed by atoms with Crippen LogP contribution in [0.2, 0.25) is 0 Å². The number of rotatable bonds is 6. The normalized spacial score (nSPS) is 21.1. The van der Waals surface area contributed by atoms with Crippen molar-refractivity contribution in [2.45, 2.75) is 50.7 Å². The number of nitrogens with zero attached hydrogens (tertiary/aromatic N) is 4. The fraction of sp³-hybridized carbons (Fsp3) is 0.524. The fourth-order valence-electron chi connectivity index (χ4n) is 4.22. The number of alkyl carbamates (subject to hydrolysis) is 1. The first-order valence-corrected chi connectivity index (χ1v) is 10.7. The average molecular weight is 483 g/mol. The highest BCUT2D eigenvalue weighted by molar-refractivity contribution is 5.67. The monoisotopic (exact) mass is 483 g/mol. The van der Waals surface area contributed by atoms with Gasteiger partial charge in [0.15, 0.2) is 0 Å². The van der Waals surface area contributed by atoms with Crippen molar-refractivity contribution in [3.05, 3.63) is 51.7 Å². The summed E-state index contributed by atoms with van der Waals surface area (Å²) in [6, 6.07) is 4.63. The Morgan fingerprint density at radius 3 is 2.59 bits per heavy atom. The van der Waals surface area contributed by atoms with Gasteiger partial charge < -0.3 is 24.9 Å². The maximum absolute atomic E-state index is 12.6. The molecule has 1 aromatic carbocycles. The summed E-state index contributed by atoms with van der Waals surface area (Å²) in [5, 5.41) is 13.6. The van der Waals surface area contributed by atoms with Gasteiger partial charge in [0.1, 0.15) is 18.4 Å². The van der Waals surface area contributed by atoms with Gasteiger partial charge in [0.25, 0.3) is 0 Å². The lowest BCUT2D eigenvalue weighted by Gasteiger charge is -2.36. The molecule has 1 aromatic heterocycles. The Labute approximate surface area is 192 Å². The molecule has 1 saturated heterocycles. The number of carbonyl (C=O) groups is 1. The van der Waals surface area contributed by atoms with E-state index in [1.807, 2.05) is 6.92 Å². The van der Waals surface area contributed by atoms with Gasteiger partial charge in [-0.1, -0.05) is 12.1 Å². The molecule has 184 valence electrons. The van der Waals surface area contributed by atoms with Crippen LogP contribution in [-0.4, -0.2) is 56.7 Å². The van der Waals surface area contributed by atoms with E-state index in [0.717, 1.165) is 12.1 Å². The first-order chi connectivity index (χ1) is 16.0. The maximum atomic E-state index is 12.6. The van der Waals surface area contributed by atoms with Crippen LogP contribution in [0.25, 0.3) is 0 Å². The molecule has 0 aliphatic carbocycles. The molecule has 1 N–H and O–H groups in total. The molecule has 1 unspecified atom stereocenters. The van der Waals surface area contributed by atoms with Crippen LogP contribution in [0, 0.1) is 10.1 Å². The highest BCUT2D eigenvalue weighted by Gasteiger charge is 2.42. The molecule has 1 fully saturated rings. The molecule has 4 rings (SSSR count). The van der Waals surface area contributed by atoms with Crippen molar-refractivity contribution in [2.75, 3.05) is 19.6 Å². The van der Waals surface area contributed by atoms with Gasteiger partial charge in [0.2, 0.25) is 0 Å². The van der Waals surface area contributed by atoms with E-state index in [2.05, 4.69) is 15.2 Å². The molecular formula is C21H24F3N5O5. The smallest absolute Gasteiger partial charge is 0.416 e. The Hall–Kier alpha value is -3.35. The van der Waals surface area contributed by atoms with Crippen molar-refractivity contribution < 1.29 is 32.4 Å². The number of alkyl halides is 3. The van der Waals surface area contributed by atoms with E-state index in [-0.39, 0.29) is 24.5 Å². The zero-order valence-electron chi connectivity index (χ0n) is 18.4. The molecule has 0 spiro atoms. The summed E-state index contributed by atoms with van der Waals surface area (Å²) < 4.78 is 50.5. The van der Waals surface area contributed by atoms with Crippen molar-refractivity contribution in [1.29, 1.82) is 0 Å². The van der Waals surface area contributed by atoms with Crippen LogP contribution in [0.3, 0.4) is 0 Å².